The summed E-state index contributed by atoms with van der Waals surface area (Å²) in [6.07, 6.45) is 5.12. The van der Waals surface area contributed by atoms with E-state index in [9.17, 15) is 13.5 Å². The second-order valence-electron chi connectivity index (χ2n) is 5.74. The van der Waals surface area contributed by atoms with Gasteiger partial charge in [0.2, 0.25) is 10.0 Å². The van der Waals surface area contributed by atoms with Gasteiger partial charge in [-0.2, -0.15) is 4.31 Å². The smallest absolute Gasteiger partial charge is 0.244 e. The summed E-state index contributed by atoms with van der Waals surface area (Å²) in [6, 6.07) is 2.26. The molecule has 0 bridgehead atoms. The Morgan fingerprint density at radius 3 is 2.48 bits per heavy atom. The molecule has 0 unspecified atom stereocenters. The van der Waals surface area contributed by atoms with Crippen LogP contribution >= 0.6 is 11.3 Å². The van der Waals surface area contributed by atoms with Gasteiger partial charge in [0.1, 0.15) is 0 Å². The van der Waals surface area contributed by atoms with Crippen molar-refractivity contribution in [1.82, 2.24) is 9.21 Å². The maximum Gasteiger partial charge on any atom is 0.244 e. The molecule has 0 aromatic carbocycles. The highest BCUT2D eigenvalue weighted by Crippen LogP contribution is 2.28. The van der Waals surface area contributed by atoms with Crippen molar-refractivity contribution in [3.8, 4) is 0 Å². The van der Waals surface area contributed by atoms with Crippen molar-refractivity contribution < 1.29 is 13.5 Å². The molecule has 1 saturated carbocycles. The maximum atomic E-state index is 12.7. The molecule has 2 aliphatic rings. The Kier molecular flexibility index (Phi) is 4.66. The molecule has 2 fully saturated rings. The van der Waals surface area contributed by atoms with E-state index in [1.807, 2.05) is 0 Å². The number of nitrogens with zero attached hydrogens (tertiary/aromatic N) is 2. The van der Waals surface area contributed by atoms with E-state index in [4.69, 9.17) is 0 Å². The molecule has 1 aliphatic carbocycles. The molecule has 1 saturated heterocycles. The highest BCUT2D eigenvalue weighted by atomic mass is 32.2. The Hall–Kier alpha value is -0.470. The normalized spacial score (nSPS) is 22.9. The molecular formula is C14H22N2O3S2. The highest BCUT2D eigenvalue weighted by Gasteiger charge is 2.33. The average molecular weight is 330 g/mol. The summed E-state index contributed by atoms with van der Waals surface area (Å²) >= 11 is 1.30. The van der Waals surface area contributed by atoms with Crippen molar-refractivity contribution in [1.29, 1.82) is 0 Å². The fourth-order valence-electron chi connectivity index (χ4n) is 3.39. The van der Waals surface area contributed by atoms with E-state index in [0.29, 0.717) is 24.0 Å². The Morgan fingerprint density at radius 2 is 1.86 bits per heavy atom. The third-order valence-electron chi connectivity index (χ3n) is 4.58. The lowest BCUT2D eigenvalue weighted by atomic mass is 10.2. The van der Waals surface area contributed by atoms with Crippen LogP contribution in [-0.2, 0) is 16.6 Å². The summed E-state index contributed by atoms with van der Waals surface area (Å²) in [7, 11) is -3.45. The monoisotopic (exact) mass is 330 g/mol. The molecule has 0 amide bonds. The van der Waals surface area contributed by atoms with Gasteiger partial charge in [-0.3, -0.25) is 4.90 Å². The Labute approximate surface area is 130 Å². The van der Waals surface area contributed by atoms with E-state index >= 15 is 0 Å². The third-order valence-corrected chi connectivity index (χ3v) is 7.60. The van der Waals surface area contributed by atoms with Crippen molar-refractivity contribution in [2.75, 3.05) is 26.2 Å². The van der Waals surface area contributed by atoms with Crippen LogP contribution in [0.25, 0.3) is 0 Å². The van der Waals surface area contributed by atoms with E-state index in [1.54, 1.807) is 15.8 Å². The zero-order valence-corrected chi connectivity index (χ0v) is 13.7. The van der Waals surface area contributed by atoms with Crippen LogP contribution < -0.4 is 0 Å². The number of piperazine rings is 1. The average Bonchev–Trinajstić information content (AvgIpc) is 3.18. The molecule has 0 radical (unpaired) electrons. The van der Waals surface area contributed by atoms with Crippen molar-refractivity contribution in [3.63, 3.8) is 0 Å². The molecule has 1 N–H and O–H groups in total. The predicted octanol–water partition coefficient (Wildman–Crippen LogP) is 1.49. The largest absolute Gasteiger partial charge is 0.391 e. The molecule has 21 heavy (non-hydrogen) atoms. The van der Waals surface area contributed by atoms with Crippen molar-refractivity contribution in [3.05, 3.63) is 16.3 Å². The summed E-state index contributed by atoms with van der Waals surface area (Å²) in [5, 5.41) is 11.0. The summed E-state index contributed by atoms with van der Waals surface area (Å²) in [4.78, 5) is 3.26. The van der Waals surface area contributed by atoms with Gasteiger partial charge in [-0.25, -0.2) is 8.42 Å². The molecule has 2 heterocycles. The van der Waals surface area contributed by atoms with Crippen molar-refractivity contribution in [2.45, 2.75) is 43.2 Å². The van der Waals surface area contributed by atoms with Crippen LogP contribution in [-0.4, -0.2) is 55.0 Å². The van der Waals surface area contributed by atoms with E-state index in [1.165, 1.54) is 37.0 Å². The van der Waals surface area contributed by atoms with Gasteiger partial charge in [-0.1, -0.05) is 12.8 Å². The number of aliphatic hydroxyl groups is 1. The lowest BCUT2D eigenvalue weighted by Crippen LogP contribution is -2.51. The molecule has 7 heteroatoms. The van der Waals surface area contributed by atoms with E-state index in [0.717, 1.165) is 13.1 Å². The van der Waals surface area contributed by atoms with Gasteiger partial charge in [0.15, 0.2) is 0 Å². The van der Waals surface area contributed by atoms with Gasteiger partial charge in [0, 0.05) is 37.1 Å². The quantitative estimate of drug-likeness (QED) is 0.909. The fourth-order valence-corrected chi connectivity index (χ4v) is 6.08. The van der Waals surface area contributed by atoms with Gasteiger partial charge >= 0.3 is 0 Å². The first-order chi connectivity index (χ1) is 10.1. The van der Waals surface area contributed by atoms with Crippen molar-refractivity contribution >= 4 is 21.4 Å². The number of hydrogen-bond acceptors (Lipinski definition) is 5. The lowest BCUT2D eigenvalue weighted by molar-refractivity contribution is 0.139. The van der Waals surface area contributed by atoms with Crippen molar-refractivity contribution in [2.24, 2.45) is 0 Å². The Balaban J connectivity index is 1.68. The Bertz CT molecular complexity index is 571. The van der Waals surface area contributed by atoms with Crippen LogP contribution in [0.15, 0.2) is 16.3 Å². The zero-order valence-electron chi connectivity index (χ0n) is 12.1. The summed E-state index contributed by atoms with van der Waals surface area (Å²) in [5.41, 5.74) is 0. The van der Waals surface area contributed by atoms with Crippen LogP contribution in [0.2, 0.25) is 0 Å². The Morgan fingerprint density at radius 1 is 1.19 bits per heavy atom. The van der Waals surface area contributed by atoms with E-state index in [-0.39, 0.29) is 11.5 Å². The van der Waals surface area contributed by atoms with Crippen LogP contribution in [0.5, 0.6) is 0 Å². The number of hydrogen-bond donors (Lipinski definition) is 1. The first-order valence-electron chi connectivity index (χ1n) is 7.54. The van der Waals surface area contributed by atoms with Gasteiger partial charge in [0.25, 0.3) is 0 Å². The van der Waals surface area contributed by atoms with Crippen LogP contribution in [0.1, 0.15) is 30.6 Å². The molecule has 3 rings (SSSR count). The minimum Gasteiger partial charge on any atom is -0.391 e. The van der Waals surface area contributed by atoms with Gasteiger partial charge in [0.05, 0.1) is 11.5 Å². The highest BCUT2D eigenvalue weighted by molar-refractivity contribution is 7.89. The maximum absolute atomic E-state index is 12.7. The summed E-state index contributed by atoms with van der Waals surface area (Å²) in [5.74, 6) is 0. The summed E-state index contributed by atoms with van der Waals surface area (Å²) in [6.45, 7) is 2.54. The minimum atomic E-state index is -3.45. The molecule has 1 aromatic rings. The number of aliphatic hydroxyl groups excluding tert-OH is 1. The lowest BCUT2D eigenvalue weighted by Gasteiger charge is -2.37. The van der Waals surface area contributed by atoms with Gasteiger partial charge in [-0.05, 0) is 24.3 Å². The SMILES string of the molecule is O=S(=O)(c1ccsc1CO)N1CCN(C2CCCC2)CC1. The molecule has 1 aromatic heterocycles. The number of sulfonamides is 1. The van der Waals surface area contributed by atoms with Crippen LogP contribution in [0, 0.1) is 0 Å². The second kappa shape index (κ2) is 6.34. The molecular weight excluding hydrogens is 308 g/mol. The first kappa shape index (κ1) is 15.4. The topological polar surface area (TPSA) is 60.9 Å². The third kappa shape index (κ3) is 3.03. The molecule has 0 atom stereocenters. The summed E-state index contributed by atoms with van der Waals surface area (Å²) < 4.78 is 26.9. The first-order valence-corrected chi connectivity index (χ1v) is 9.86. The van der Waals surface area contributed by atoms with Gasteiger partial charge in [-0.15, -0.1) is 11.3 Å². The predicted molar refractivity (Wildman–Crippen MR) is 82.8 cm³/mol. The molecule has 0 spiro atoms. The fraction of sp³-hybridized carbons (Fsp3) is 0.714. The number of rotatable bonds is 4. The number of thiophene rings is 1. The molecule has 5 nitrogen and oxygen atoms in total. The molecule has 1 aliphatic heterocycles. The second-order valence-corrected chi connectivity index (χ2v) is 8.65. The standard InChI is InChI=1S/C14H22N2O3S2/c17-11-13-14(5-10-20-13)21(18,19)16-8-6-15(7-9-16)12-3-1-2-4-12/h5,10,12,17H,1-4,6-9,11H2. The van der Waals surface area contributed by atoms with Gasteiger partial charge < -0.3 is 5.11 Å². The zero-order chi connectivity index (χ0) is 14.9. The van der Waals surface area contributed by atoms with E-state index < -0.39 is 10.0 Å². The molecule has 118 valence electrons. The van der Waals surface area contributed by atoms with Crippen LogP contribution in [0.3, 0.4) is 0 Å². The van der Waals surface area contributed by atoms with E-state index in [2.05, 4.69) is 4.90 Å². The minimum absolute atomic E-state index is 0.214. The van der Waals surface area contributed by atoms with Crippen LogP contribution in [0.4, 0.5) is 0 Å².